The molecule has 0 aliphatic heterocycles. The number of benzene rings is 8. The Morgan fingerprint density at radius 2 is 0.491 bits per heavy atom. The molecule has 6 nitrogen and oxygen atoms in total. The van der Waals surface area contributed by atoms with Crippen molar-refractivity contribution in [2.45, 2.75) is 9.79 Å². The van der Waals surface area contributed by atoms with E-state index >= 15 is 0 Å². The van der Waals surface area contributed by atoms with Gasteiger partial charge >= 0.3 is 0 Å². The third-order valence-electron chi connectivity index (χ3n) is 9.22. The summed E-state index contributed by atoms with van der Waals surface area (Å²) < 4.78 is 27.2. The molecule has 0 unspecified atom stereocenters. The summed E-state index contributed by atoms with van der Waals surface area (Å²) in [5.74, 6) is 0. The standard InChI is InChI=1S/C48H38N4O2S/c53-55(54,47-33-25-39(26-34-47)49-37-21-29-45(30-22-37)51(41-13-5-1-6-14-41)42-15-7-2-8-16-42)48-35-27-40(28-36-48)50-38-23-31-46(32-24-38)52(43-17-9-3-10-18-43)44-19-11-4-12-20-44/h1-36,49-50H. The second-order valence-electron chi connectivity index (χ2n) is 12.9. The second kappa shape index (κ2) is 15.9. The average molecular weight is 735 g/mol. The van der Waals surface area contributed by atoms with Crippen LogP contribution < -0.4 is 20.4 Å². The van der Waals surface area contributed by atoms with Crippen LogP contribution in [0.25, 0.3) is 0 Å². The first-order valence-electron chi connectivity index (χ1n) is 18.0. The van der Waals surface area contributed by atoms with Gasteiger partial charge in [0.2, 0.25) is 9.84 Å². The molecule has 0 spiro atoms. The zero-order chi connectivity index (χ0) is 37.5. The summed E-state index contributed by atoms with van der Waals surface area (Å²) in [6, 6.07) is 71.1. The van der Waals surface area contributed by atoms with E-state index in [0.29, 0.717) is 0 Å². The number of rotatable bonds is 12. The monoisotopic (exact) mass is 734 g/mol. The molecular weight excluding hydrogens is 697 g/mol. The summed E-state index contributed by atoms with van der Waals surface area (Å²) in [5, 5.41) is 6.80. The van der Waals surface area contributed by atoms with E-state index < -0.39 is 9.84 Å². The smallest absolute Gasteiger partial charge is 0.206 e. The van der Waals surface area contributed by atoms with Crippen LogP contribution in [0, 0.1) is 0 Å². The molecule has 0 aliphatic carbocycles. The van der Waals surface area contributed by atoms with Crippen molar-refractivity contribution in [1.82, 2.24) is 0 Å². The number of hydrogen-bond donors (Lipinski definition) is 2. The summed E-state index contributed by atoms with van der Waals surface area (Å²) in [7, 11) is -3.72. The number of anilines is 10. The molecule has 0 saturated heterocycles. The van der Waals surface area contributed by atoms with Gasteiger partial charge in [0.1, 0.15) is 0 Å². The van der Waals surface area contributed by atoms with Crippen molar-refractivity contribution in [3.05, 3.63) is 218 Å². The van der Waals surface area contributed by atoms with E-state index in [1.165, 1.54) is 0 Å². The van der Waals surface area contributed by atoms with E-state index in [9.17, 15) is 8.42 Å². The van der Waals surface area contributed by atoms with Crippen molar-refractivity contribution in [2.24, 2.45) is 0 Å². The second-order valence-corrected chi connectivity index (χ2v) is 14.9. The predicted octanol–water partition coefficient (Wildman–Crippen LogP) is 12.9. The highest BCUT2D eigenvalue weighted by atomic mass is 32.2. The van der Waals surface area contributed by atoms with Gasteiger partial charge in [-0.3, -0.25) is 0 Å². The highest BCUT2D eigenvalue weighted by Crippen LogP contribution is 2.37. The van der Waals surface area contributed by atoms with Crippen LogP contribution in [0.3, 0.4) is 0 Å². The summed E-state index contributed by atoms with van der Waals surface area (Å²) in [6.07, 6.45) is 0. The normalized spacial score (nSPS) is 11.1. The molecule has 0 saturated carbocycles. The molecule has 8 aromatic rings. The van der Waals surface area contributed by atoms with Gasteiger partial charge in [0.05, 0.1) is 9.79 Å². The Hall–Kier alpha value is -7.09. The van der Waals surface area contributed by atoms with Gasteiger partial charge in [-0.1, -0.05) is 72.8 Å². The lowest BCUT2D eigenvalue weighted by Crippen LogP contribution is -2.09. The minimum Gasteiger partial charge on any atom is -0.356 e. The zero-order valence-corrected chi connectivity index (χ0v) is 30.7. The van der Waals surface area contributed by atoms with Gasteiger partial charge in [0.15, 0.2) is 0 Å². The third-order valence-corrected chi connectivity index (χ3v) is 11.0. The Balaban J connectivity index is 0.924. The first kappa shape index (κ1) is 35.0. The van der Waals surface area contributed by atoms with E-state index in [1.807, 2.05) is 97.1 Å². The van der Waals surface area contributed by atoms with Crippen LogP contribution in [0.1, 0.15) is 0 Å². The van der Waals surface area contributed by atoms with E-state index in [0.717, 1.165) is 56.9 Å². The Morgan fingerprint density at radius 1 is 0.273 bits per heavy atom. The van der Waals surface area contributed by atoms with Gasteiger partial charge < -0.3 is 20.4 Å². The van der Waals surface area contributed by atoms with E-state index in [4.69, 9.17) is 0 Å². The van der Waals surface area contributed by atoms with Gasteiger partial charge in [-0.15, -0.1) is 0 Å². The summed E-state index contributed by atoms with van der Waals surface area (Å²) in [6.45, 7) is 0. The van der Waals surface area contributed by atoms with E-state index in [2.05, 4.69) is 93.2 Å². The lowest BCUT2D eigenvalue weighted by molar-refractivity contribution is 0.596. The maximum Gasteiger partial charge on any atom is 0.206 e. The van der Waals surface area contributed by atoms with Crippen LogP contribution in [0.2, 0.25) is 0 Å². The largest absolute Gasteiger partial charge is 0.356 e. The fourth-order valence-electron chi connectivity index (χ4n) is 6.49. The van der Waals surface area contributed by atoms with Crippen molar-refractivity contribution >= 4 is 66.7 Å². The highest BCUT2D eigenvalue weighted by molar-refractivity contribution is 7.91. The van der Waals surface area contributed by atoms with Gasteiger partial charge in [0, 0.05) is 56.9 Å². The molecule has 8 rings (SSSR count). The van der Waals surface area contributed by atoms with Crippen LogP contribution in [0.15, 0.2) is 228 Å². The summed E-state index contributed by atoms with van der Waals surface area (Å²) in [5.41, 5.74) is 9.68. The summed E-state index contributed by atoms with van der Waals surface area (Å²) in [4.78, 5) is 4.87. The number of nitrogens with zero attached hydrogens (tertiary/aromatic N) is 2. The Labute approximate surface area is 322 Å². The molecule has 0 atom stereocenters. The van der Waals surface area contributed by atoms with E-state index in [-0.39, 0.29) is 9.79 Å². The third kappa shape index (κ3) is 7.98. The Morgan fingerprint density at radius 3 is 0.745 bits per heavy atom. The van der Waals surface area contributed by atoms with Crippen molar-refractivity contribution in [1.29, 1.82) is 0 Å². The van der Waals surface area contributed by atoms with Crippen molar-refractivity contribution in [3.63, 3.8) is 0 Å². The van der Waals surface area contributed by atoms with Gasteiger partial charge in [-0.25, -0.2) is 8.42 Å². The molecule has 0 radical (unpaired) electrons. The molecule has 55 heavy (non-hydrogen) atoms. The molecule has 0 aliphatic rings. The van der Waals surface area contributed by atoms with Crippen molar-refractivity contribution in [2.75, 3.05) is 20.4 Å². The van der Waals surface area contributed by atoms with Crippen LogP contribution in [0.5, 0.6) is 0 Å². The molecule has 0 aromatic heterocycles. The number of para-hydroxylation sites is 4. The van der Waals surface area contributed by atoms with Gasteiger partial charge in [0.25, 0.3) is 0 Å². The van der Waals surface area contributed by atoms with Crippen LogP contribution in [-0.2, 0) is 9.84 Å². The van der Waals surface area contributed by atoms with Crippen molar-refractivity contribution in [3.8, 4) is 0 Å². The quantitative estimate of drug-likeness (QED) is 0.130. The zero-order valence-electron chi connectivity index (χ0n) is 29.9. The predicted molar refractivity (Wildman–Crippen MR) is 227 cm³/mol. The molecule has 0 fully saturated rings. The van der Waals surface area contributed by atoms with E-state index in [1.54, 1.807) is 48.5 Å². The molecule has 0 amide bonds. The minimum absolute atomic E-state index is 0.229. The molecule has 8 aromatic carbocycles. The fraction of sp³-hybridized carbons (Fsp3) is 0. The summed E-state index contributed by atoms with van der Waals surface area (Å²) >= 11 is 0. The highest BCUT2D eigenvalue weighted by Gasteiger charge is 2.18. The van der Waals surface area contributed by atoms with Crippen LogP contribution >= 0.6 is 0 Å². The van der Waals surface area contributed by atoms with Crippen molar-refractivity contribution < 1.29 is 8.42 Å². The average Bonchev–Trinajstić information content (AvgIpc) is 3.24. The van der Waals surface area contributed by atoms with Crippen LogP contribution in [-0.4, -0.2) is 8.42 Å². The number of hydrogen-bond acceptors (Lipinski definition) is 6. The number of sulfone groups is 1. The first-order chi connectivity index (χ1) is 27.0. The molecule has 7 heteroatoms. The lowest BCUT2D eigenvalue weighted by atomic mass is 10.2. The Bertz CT molecular complexity index is 2300. The Kier molecular flexibility index (Phi) is 10.1. The minimum atomic E-state index is -3.72. The topological polar surface area (TPSA) is 64.7 Å². The molecule has 0 bridgehead atoms. The van der Waals surface area contributed by atoms with Crippen LogP contribution in [0.4, 0.5) is 56.9 Å². The molecule has 0 heterocycles. The SMILES string of the molecule is O=S(=O)(c1ccc(Nc2ccc(N(c3ccccc3)c3ccccc3)cc2)cc1)c1ccc(Nc2ccc(N(c3ccccc3)c3ccccc3)cc2)cc1. The fourth-order valence-corrected chi connectivity index (χ4v) is 7.76. The first-order valence-corrected chi connectivity index (χ1v) is 19.5. The van der Waals surface area contributed by atoms with Gasteiger partial charge in [-0.2, -0.15) is 0 Å². The lowest BCUT2D eigenvalue weighted by Gasteiger charge is -2.25. The maximum absolute atomic E-state index is 13.6. The molecule has 268 valence electrons. The maximum atomic E-state index is 13.6. The number of nitrogens with one attached hydrogen (secondary N) is 2. The van der Waals surface area contributed by atoms with Gasteiger partial charge in [-0.05, 0) is 146 Å². The molecule has 2 N–H and O–H groups in total. The molecular formula is C48H38N4O2S.